The number of rotatable bonds is 8. The molecule has 2 N–H and O–H groups in total. The van der Waals surface area contributed by atoms with E-state index in [0.717, 1.165) is 19.5 Å². The van der Waals surface area contributed by atoms with Gasteiger partial charge >= 0.3 is 0 Å². The molecule has 0 unspecified atom stereocenters. The third kappa shape index (κ3) is 6.23. The van der Waals surface area contributed by atoms with Crippen LogP contribution in [0.2, 0.25) is 0 Å². The van der Waals surface area contributed by atoms with Crippen LogP contribution in [0.4, 0.5) is 5.69 Å². The first-order valence-electron chi connectivity index (χ1n) is 5.75. The van der Waals surface area contributed by atoms with Crippen LogP contribution in [-0.4, -0.2) is 32.2 Å². The highest BCUT2D eigenvalue weighted by Crippen LogP contribution is 2.07. The monoisotopic (exact) mass is 257 g/mol. The Bertz CT molecular complexity index is 406. The first kappa shape index (κ1) is 13.9. The van der Waals surface area contributed by atoms with E-state index in [2.05, 4.69) is 15.0 Å². The third-order valence-electron chi connectivity index (χ3n) is 2.20. The second-order valence-electron chi connectivity index (χ2n) is 3.72. The van der Waals surface area contributed by atoms with E-state index in [-0.39, 0.29) is 5.75 Å². The Labute approximate surface area is 103 Å². The Kier molecular flexibility index (Phi) is 5.93. The lowest BCUT2D eigenvalue weighted by molar-refractivity contribution is 0.593. The van der Waals surface area contributed by atoms with Crippen LogP contribution in [0.5, 0.6) is 0 Å². The second-order valence-corrected chi connectivity index (χ2v) is 5.57. The summed E-state index contributed by atoms with van der Waals surface area (Å²) >= 11 is 0. The van der Waals surface area contributed by atoms with Gasteiger partial charge in [-0.3, -0.25) is 9.71 Å². The molecule has 0 aliphatic rings. The molecular formula is C11H19N3O2S. The maximum atomic E-state index is 11.7. The van der Waals surface area contributed by atoms with E-state index in [4.69, 9.17) is 0 Å². The molecule has 0 aromatic carbocycles. The van der Waals surface area contributed by atoms with Crippen LogP contribution >= 0.6 is 0 Å². The molecule has 5 nitrogen and oxygen atoms in total. The van der Waals surface area contributed by atoms with Crippen LogP contribution in [0.3, 0.4) is 0 Å². The number of aromatic nitrogens is 1. The van der Waals surface area contributed by atoms with E-state index >= 15 is 0 Å². The van der Waals surface area contributed by atoms with Gasteiger partial charge in [0.2, 0.25) is 10.0 Å². The van der Waals surface area contributed by atoms with Gasteiger partial charge in [0.05, 0.1) is 17.6 Å². The second kappa shape index (κ2) is 7.24. The number of sulfonamides is 1. The van der Waals surface area contributed by atoms with E-state index in [0.29, 0.717) is 12.1 Å². The average molecular weight is 257 g/mol. The largest absolute Gasteiger partial charge is 0.317 e. The molecule has 17 heavy (non-hydrogen) atoms. The molecule has 0 saturated carbocycles. The van der Waals surface area contributed by atoms with Gasteiger partial charge in [-0.25, -0.2) is 8.42 Å². The number of pyridine rings is 1. The van der Waals surface area contributed by atoms with Crippen molar-refractivity contribution in [2.75, 3.05) is 23.6 Å². The van der Waals surface area contributed by atoms with Crippen LogP contribution in [-0.2, 0) is 10.0 Å². The van der Waals surface area contributed by atoms with Gasteiger partial charge in [0.15, 0.2) is 0 Å². The average Bonchev–Trinajstić information content (AvgIpc) is 2.29. The summed E-state index contributed by atoms with van der Waals surface area (Å²) in [7, 11) is -3.24. The standard InChI is InChI=1S/C11H19N3O2S/c1-2-12-7-3-4-9-17(15,16)14-11-6-5-8-13-10-11/h5-6,8,10,12,14H,2-4,7,9H2,1H3. The van der Waals surface area contributed by atoms with E-state index in [1.807, 2.05) is 6.92 Å². The molecule has 0 radical (unpaired) electrons. The molecule has 0 saturated heterocycles. The highest BCUT2D eigenvalue weighted by molar-refractivity contribution is 7.92. The number of nitrogens with one attached hydrogen (secondary N) is 2. The summed E-state index contributed by atoms with van der Waals surface area (Å²) in [6, 6.07) is 3.38. The zero-order chi connectivity index (χ0) is 12.6. The van der Waals surface area contributed by atoms with Gasteiger partial charge in [0.25, 0.3) is 0 Å². The van der Waals surface area contributed by atoms with E-state index in [1.54, 1.807) is 18.3 Å². The van der Waals surface area contributed by atoms with Crippen LogP contribution in [0.1, 0.15) is 19.8 Å². The van der Waals surface area contributed by atoms with Crippen LogP contribution in [0.15, 0.2) is 24.5 Å². The van der Waals surface area contributed by atoms with Crippen molar-refractivity contribution in [3.63, 3.8) is 0 Å². The van der Waals surface area contributed by atoms with Crippen LogP contribution < -0.4 is 10.0 Å². The molecule has 1 aromatic heterocycles. The molecule has 0 aliphatic heterocycles. The zero-order valence-electron chi connectivity index (χ0n) is 10.0. The van der Waals surface area contributed by atoms with Gasteiger partial charge in [-0.2, -0.15) is 0 Å². The fraction of sp³-hybridized carbons (Fsp3) is 0.545. The van der Waals surface area contributed by atoms with Gasteiger partial charge in [-0.05, 0) is 38.1 Å². The van der Waals surface area contributed by atoms with Gasteiger partial charge in [0.1, 0.15) is 0 Å². The van der Waals surface area contributed by atoms with Gasteiger partial charge in [-0.1, -0.05) is 6.92 Å². The third-order valence-corrected chi connectivity index (χ3v) is 3.57. The van der Waals surface area contributed by atoms with E-state index in [1.165, 1.54) is 6.20 Å². The van der Waals surface area contributed by atoms with Crippen molar-refractivity contribution in [3.05, 3.63) is 24.5 Å². The summed E-state index contributed by atoms with van der Waals surface area (Å²) < 4.78 is 25.8. The Morgan fingerprint density at radius 2 is 2.18 bits per heavy atom. The molecule has 0 spiro atoms. The number of nitrogens with zero attached hydrogens (tertiary/aromatic N) is 1. The maximum absolute atomic E-state index is 11.7. The summed E-state index contributed by atoms with van der Waals surface area (Å²) in [5.74, 6) is 0.146. The fourth-order valence-corrected chi connectivity index (χ4v) is 2.54. The minimum absolute atomic E-state index is 0.146. The molecule has 0 aliphatic carbocycles. The number of hydrogen-bond donors (Lipinski definition) is 2. The molecule has 96 valence electrons. The first-order chi connectivity index (χ1) is 8.14. The minimum atomic E-state index is -3.24. The Morgan fingerprint density at radius 3 is 2.82 bits per heavy atom. The molecule has 0 fully saturated rings. The lowest BCUT2D eigenvalue weighted by Gasteiger charge is -2.07. The molecule has 0 atom stereocenters. The predicted octanol–water partition coefficient (Wildman–Crippen LogP) is 1.21. The van der Waals surface area contributed by atoms with Crippen molar-refractivity contribution in [1.29, 1.82) is 0 Å². The molecular weight excluding hydrogens is 238 g/mol. The molecule has 1 heterocycles. The SMILES string of the molecule is CCNCCCCS(=O)(=O)Nc1cccnc1. The van der Waals surface area contributed by atoms with Gasteiger partial charge in [-0.15, -0.1) is 0 Å². The van der Waals surface area contributed by atoms with Crippen molar-refractivity contribution >= 4 is 15.7 Å². The van der Waals surface area contributed by atoms with Crippen molar-refractivity contribution in [1.82, 2.24) is 10.3 Å². The summed E-state index contributed by atoms with van der Waals surface area (Å²) in [5.41, 5.74) is 0.513. The molecule has 1 rings (SSSR count). The van der Waals surface area contributed by atoms with Crippen molar-refractivity contribution in [3.8, 4) is 0 Å². The number of unbranched alkanes of at least 4 members (excludes halogenated alkanes) is 1. The van der Waals surface area contributed by atoms with Crippen molar-refractivity contribution in [2.24, 2.45) is 0 Å². The Balaban J connectivity index is 2.32. The maximum Gasteiger partial charge on any atom is 0.232 e. The fourth-order valence-electron chi connectivity index (χ4n) is 1.37. The lowest BCUT2D eigenvalue weighted by atomic mass is 10.3. The van der Waals surface area contributed by atoms with Crippen molar-refractivity contribution < 1.29 is 8.42 Å². The van der Waals surface area contributed by atoms with Gasteiger partial charge in [0, 0.05) is 6.20 Å². The Morgan fingerprint density at radius 1 is 1.35 bits per heavy atom. The number of anilines is 1. The molecule has 6 heteroatoms. The lowest BCUT2D eigenvalue weighted by Crippen LogP contribution is -2.19. The van der Waals surface area contributed by atoms with Gasteiger partial charge < -0.3 is 5.32 Å². The van der Waals surface area contributed by atoms with Crippen LogP contribution in [0, 0.1) is 0 Å². The molecule has 0 amide bonds. The molecule has 1 aromatic rings. The summed E-state index contributed by atoms with van der Waals surface area (Å²) in [4.78, 5) is 3.85. The van der Waals surface area contributed by atoms with Crippen LogP contribution in [0.25, 0.3) is 0 Å². The smallest absolute Gasteiger partial charge is 0.232 e. The predicted molar refractivity (Wildman–Crippen MR) is 69.4 cm³/mol. The number of hydrogen-bond acceptors (Lipinski definition) is 4. The van der Waals surface area contributed by atoms with Crippen molar-refractivity contribution in [2.45, 2.75) is 19.8 Å². The summed E-state index contributed by atoms with van der Waals surface area (Å²) in [5, 5.41) is 3.16. The zero-order valence-corrected chi connectivity index (χ0v) is 10.8. The highest BCUT2D eigenvalue weighted by Gasteiger charge is 2.09. The molecule has 0 bridgehead atoms. The highest BCUT2D eigenvalue weighted by atomic mass is 32.2. The summed E-state index contributed by atoms with van der Waals surface area (Å²) in [6.45, 7) is 3.81. The Hall–Kier alpha value is -1.14. The topological polar surface area (TPSA) is 71.1 Å². The normalized spacial score (nSPS) is 11.4. The minimum Gasteiger partial charge on any atom is -0.317 e. The van der Waals surface area contributed by atoms with E-state index < -0.39 is 10.0 Å². The quantitative estimate of drug-likeness (QED) is 0.687. The first-order valence-corrected chi connectivity index (χ1v) is 7.40. The van der Waals surface area contributed by atoms with E-state index in [9.17, 15) is 8.42 Å². The summed E-state index contributed by atoms with van der Waals surface area (Å²) in [6.07, 6.45) is 4.62.